The van der Waals surface area contributed by atoms with Gasteiger partial charge in [-0.05, 0) is 86.7 Å². The van der Waals surface area contributed by atoms with Crippen molar-refractivity contribution in [1.29, 1.82) is 0 Å². The molecule has 0 saturated heterocycles. The highest BCUT2D eigenvalue weighted by Crippen LogP contribution is 2.35. The van der Waals surface area contributed by atoms with Crippen molar-refractivity contribution in [2.45, 2.75) is 50.7 Å². The average Bonchev–Trinajstić information content (AvgIpc) is 2.83. The molecule has 0 unspecified atom stereocenters. The van der Waals surface area contributed by atoms with Crippen molar-refractivity contribution in [3.8, 4) is 0 Å². The van der Waals surface area contributed by atoms with E-state index in [-0.39, 0.29) is 22.0 Å². The lowest BCUT2D eigenvalue weighted by Crippen LogP contribution is -2.54. The van der Waals surface area contributed by atoms with Gasteiger partial charge < -0.3 is 10.4 Å². The molecule has 6 nitrogen and oxygen atoms in total. The number of nitrogens with zero attached hydrogens (tertiary/aromatic N) is 1. The number of allylic oxidation sites excluding steroid dienone is 1. The number of aliphatic hydroxyl groups is 1. The smallest absolute Gasteiger partial charge is 0.264 e. The summed E-state index contributed by atoms with van der Waals surface area (Å²) in [6.07, 6.45) is 2.13. The van der Waals surface area contributed by atoms with Gasteiger partial charge in [0.1, 0.15) is 11.4 Å². The molecule has 0 radical (unpaired) electrons. The van der Waals surface area contributed by atoms with Gasteiger partial charge in [-0.1, -0.05) is 48.0 Å². The van der Waals surface area contributed by atoms with Crippen LogP contribution in [-0.4, -0.2) is 37.6 Å². The predicted molar refractivity (Wildman–Crippen MR) is 149 cm³/mol. The molecule has 0 saturated carbocycles. The number of fused-ring (bicyclic) bond motifs is 1. The molecule has 1 aliphatic rings. The summed E-state index contributed by atoms with van der Waals surface area (Å²) < 4.78 is 43.5. The first kappa shape index (κ1) is 27.8. The minimum atomic E-state index is -4.00. The Morgan fingerprint density at radius 3 is 2.53 bits per heavy atom. The maximum Gasteiger partial charge on any atom is 0.264 e. The van der Waals surface area contributed by atoms with Gasteiger partial charge in [-0.15, -0.1) is 0 Å². The van der Waals surface area contributed by atoms with Crippen LogP contribution in [0.2, 0.25) is 5.02 Å². The van der Waals surface area contributed by atoms with E-state index in [1.54, 1.807) is 43.3 Å². The second kappa shape index (κ2) is 10.5. The van der Waals surface area contributed by atoms with Crippen molar-refractivity contribution in [1.82, 2.24) is 5.32 Å². The molecule has 1 heterocycles. The third-order valence-electron chi connectivity index (χ3n) is 6.44. The van der Waals surface area contributed by atoms with Crippen LogP contribution in [-0.2, 0) is 21.2 Å². The summed E-state index contributed by atoms with van der Waals surface area (Å²) in [4.78, 5) is 12.6. The van der Waals surface area contributed by atoms with E-state index in [1.807, 2.05) is 19.1 Å². The fraction of sp³-hybridized carbons (Fsp3) is 0.276. The van der Waals surface area contributed by atoms with Crippen LogP contribution in [0.1, 0.15) is 43.0 Å². The maximum atomic E-state index is 14.5. The molecule has 4 rings (SSSR count). The average molecular weight is 557 g/mol. The van der Waals surface area contributed by atoms with Gasteiger partial charge in [-0.3, -0.25) is 9.10 Å². The predicted octanol–water partition coefficient (Wildman–Crippen LogP) is 5.36. The molecular weight excluding hydrogens is 527 g/mol. The number of halogens is 2. The number of hydrogen-bond donors (Lipinski definition) is 2. The minimum Gasteiger partial charge on any atom is -0.381 e. The van der Waals surface area contributed by atoms with E-state index in [9.17, 15) is 22.7 Å². The molecule has 0 bridgehead atoms. The molecule has 2 N–H and O–H groups in total. The van der Waals surface area contributed by atoms with Crippen LogP contribution < -0.4 is 9.62 Å². The first-order chi connectivity index (χ1) is 17.8. The maximum absolute atomic E-state index is 14.5. The number of rotatable bonds is 6. The van der Waals surface area contributed by atoms with Crippen LogP contribution in [0.5, 0.6) is 0 Å². The van der Waals surface area contributed by atoms with Crippen LogP contribution in [0.3, 0.4) is 0 Å². The standard InChI is InChI=1S/C29H30ClFN2O4S/c1-18-7-5-8-23(13-18)38(36,37)33-17-22(32-28(34)29(3,4)35)16-21-12-11-20(15-26(21)33)14-19(2)27-24(30)9-6-10-25(27)31/h5-15,22,35H,16-17H2,1-4H3,(H,32,34)/b19-14+/t22-/m0/s1. The van der Waals surface area contributed by atoms with E-state index >= 15 is 0 Å². The number of sulfonamides is 1. The van der Waals surface area contributed by atoms with E-state index < -0.39 is 33.4 Å². The quantitative estimate of drug-likeness (QED) is 0.400. The van der Waals surface area contributed by atoms with Gasteiger partial charge in [0.15, 0.2) is 0 Å². The molecular formula is C29H30ClFN2O4S. The normalized spacial score (nSPS) is 16.2. The molecule has 38 heavy (non-hydrogen) atoms. The number of hydrogen-bond acceptors (Lipinski definition) is 4. The zero-order valence-corrected chi connectivity index (χ0v) is 23.2. The summed E-state index contributed by atoms with van der Waals surface area (Å²) in [5.41, 5.74) is 1.92. The second-order valence-corrected chi connectivity index (χ2v) is 12.4. The Hall–Kier alpha value is -3.20. The first-order valence-electron chi connectivity index (χ1n) is 12.2. The number of carbonyl (C=O) groups is 1. The summed E-state index contributed by atoms with van der Waals surface area (Å²) in [5.74, 6) is -1.03. The SMILES string of the molecule is C/C(=C\c1ccc2c(c1)N(S(=O)(=O)c1cccc(C)c1)C[C@@H](NC(=O)C(C)(C)O)C2)c1c(F)cccc1Cl. The lowest BCUT2D eigenvalue weighted by Gasteiger charge is -2.36. The number of carbonyl (C=O) groups excluding carboxylic acids is 1. The molecule has 0 aromatic heterocycles. The van der Waals surface area contributed by atoms with Crippen LogP contribution in [0.4, 0.5) is 10.1 Å². The van der Waals surface area contributed by atoms with Gasteiger partial charge in [0.2, 0.25) is 0 Å². The molecule has 0 fully saturated rings. The number of nitrogens with one attached hydrogen (secondary N) is 1. The van der Waals surface area contributed by atoms with E-state index in [2.05, 4.69) is 5.32 Å². The minimum absolute atomic E-state index is 0.0175. The molecule has 200 valence electrons. The Labute approximate surface area is 227 Å². The molecule has 0 aliphatic carbocycles. The van der Waals surface area contributed by atoms with Gasteiger partial charge in [-0.2, -0.15) is 0 Å². The summed E-state index contributed by atoms with van der Waals surface area (Å²) in [7, 11) is -4.00. The van der Waals surface area contributed by atoms with Crippen LogP contribution in [0.15, 0.2) is 65.6 Å². The molecule has 1 amide bonds. The van der Waals surface area contributed by atoms with Crippen molar-refractivity contribution in [2.75, 3.05) is 10.8 Å². The van der Waals surface area contributed by atoms with Crippen molar-refractivity contribution < 1.29 is 22.7 Å². The third-order valence-corrected chi connectivity index (χ3v) is 8.53. The highest BCUT2D eigenvalue weighted by Gasteiger charge is 2.36. The van der Waals surface area contributed by atoms with Gasteiger partial charge in [0.25, 0.3) is 15.9 Å². The Balaban J connectivity index is 1.79. The van der Waals surface area contributed by atoms with Crippen molar-refractivity contribution in [3.63, 3.8) is 0 Å². The highest BCUT2D eigenvalue weighted by molar-refractivity contribution is 7.92. The van der Waals surface area contributed by atoms with E-state index in [0.717, 1.165) is 5.56 Å². The molecule has 3 aromatic rings. The summed E-state index contributed by atoms with van der Waals surface area (Å²) in [6.45, 7) is 6.30. The lowest BCUT2D eigenvalue weighted by molar-refractivity contribution is -0.137. The molecule has 0 spiro atoms. The monoisotopic (exact) mass is 556 g/mol. The summed E-state index contributed by atoms with van der Waals surface area (Å²) in [6, 6.07) is 15.9. The molecule has 9 heteroatoms. The fourth-order valence-corrected chi connectivity index (χ4v) is 6.45. The van der Waals surface area contributed by atoms with Crippen LogP contribution in [0.25, 0.3) is 11.6 Å². The zero-order chi connectivity index (χ0) is 27.8. The first-order valence-corrected chi connectivity index (χ1v) is 14.0. The van der Waals surface area contributed by atoms with Crippen molar-refractivity contribution in [3.05, 3.63) is 93.8 Å². The summed E-state index contributed by atoms with van der Waals surface area (Å²) in [5, 5.41) is 13.2. The van der Waals surface area contributed by atoms with Gasteiger partial charge in [-0.25, -0.2) is 12.8 Å². The zero-order valence-electron chi connectivity index (χ0n) is 21.6. The Kier molecular flexibility index (Phi) is 7.70. The van der Waals surface area contributed by atoms with Gasteiger partial charge >= 0.3 is 0 Å². The van der Waals surface area contributed by atoms with Crippen molar-refractivity contribution >= 4 is 44.9 Å². The Bertz CT molecular complexity index is 1510. The number of anilines is 1. The topological polar surface area (TPSA) is 86.7 Å². The van der Waals surface area contributed by atoms with Crippen molar-refractivity contribution in [2.24, 2.45) is 0 Å². The van der Waals surface area contributed by atoms with Gasteiger partial charge in [0, 0.05) is 5.56 Å². The Morgan fingerprint density at radius 1 is 1.16 bits per heavy atom. The number of benzene rings is 3. The summed E-state index contributed by atoms with van der Waals surface area (Å²) >= 11 is 6.24. The molecule has 3 aromatic carbocycles. The Morgan fingerprint density at radius 2 is 1.87 bits per heavy atom. The lowest BCUT2D eigenvalue weighted by atomic mass is 9.96. The molecule has 1 aliphatic heterocycles. The third kappa shape index (κ3) is 5.77. The van der Waals surface area contributed by atoms with E-state index in [0.29, 0.717) is 28.8 Å². The van der Waals surface area contributed by atoms with Gasteiger partial charge in [0.05, 0.1) is 28.2 Å². The largest absolute Gasteiger partial charge is 0.381 e. The number of aryl methyl sites for hydroxylation is 1. The van der Waals surface area contributed by atoms with E-state index in [4.69, 9.17) is 11.6 Å². The fourth-order valence-electron chi connectivity index (χ4n) is 4.49. The highest BCUT2D eigenvalue weighted by atomic mass is 35.5. The van der Waals surface area contributed by atoms with Crippen LogP contribution in [0, 0.1) is 12.7 Å². The van der Waals surface area contributed by atoms with Crippen LogP contribution >= 0.6 is 11.6 Å². The number of amides is 1. The molecule has 1 atom stereocenters. The second-order valence-electron chi connectivity index (χ2n) is 10.1. The van der Waals surface area contributed by atoms with E-state index in [1.165, 1.54) is 36.4 Å².